The fraction of sp³-hybridized carbons (Fsp3) is 0.938. The number of rotatable bonds is 22. The Hall–Kier alpha value is -0.680. The van der Waals surface area contributed by atoms with Gasteiger partial charge in [-0.1, -0.05) is 66.2 Å². The van der Waals surface area contributed by atoms with E-state index in [4.69, 9.17) is 13.8 Å². The van der Waals surface area contributed by atoms with Gasteiger partial charge in [-0.2, -0.15) is 11.8 Å². The van der Waals surface area contributed by atoms with Crippen LogP contribution in [0.3, 0.4) is 0 Å². The van der Waals surface area contributed by atoms with Crippen molar-refractivity contribution >= 4 is 31.4 Å². The Balaban J connectivity index is 1.82. The first-order valence-corrected chi connectivity index (χ1v) is 19.5. The molecule has 0 aliphatic carbocycles. The van der Waals surface area contributed by atoms with Gasteiger partial charge in [-0.3, -0.25) is 18.6 Å². The summed E-state index contributed by atoms with van der Waals surface area (Å²) in [6, 6.07) is -0.735. The largest absolute Gasteiger partial charge is 0.472 e. The predicted molar refractivity (Wildman–Crippen MR) is 177 cm³/mol. The quantitative estimate of drug-likeness (QED) is 0.103. The summed E-state index contributed by atoms with van der Waals surface area (Å²) in [4.78, 5) is 39.9. The fourth-order valence-corrected chi connectivity index (χ4v) is 7.57. The van der Waals surface area contributed by atoms with Crippen LogP contribution in [0.4, 0.5) is 0 Å². The van der Waals surface area contributed by atoms with Gasteiger partial charge < -0.3 is 24.5 Å². The number of ether oxygens (including phenoxy) is 1. The van der Waals surface area contributed by atoms with Crippen LogP contribution in [0.5, 0.6) is 0 Å². The molecule has 2 aliphatic rings. The molecule has 0 aromatic carbocycles. The zero-order valence-corrected chi connectivity index (χ0v) is 29.9. The Morgan fingerprint density at radius 3 is 2.07 bits per heavy atom. The van der Waals surface area contributed by atoms with E-state index in [2.05, 4.69) is 27.7 Å². The molecule has 44 heavy (non-hydrogen) atoms. The second-order valence-electron chi connectivity index (χ2n) is 13.5. The maximum Gasteiger partial charge on any atom is 0.472 e. The molecule has 2 N–H and O–H groups in total. The minimum atomic E-state index is -4.48. The van der Waals surface area contributed by atoms with Crippen LogP contribution in [-0.2, 0) is 27.9 Å². The molecule has 2 amide bonds. The number of amides is 2. The number of unbranched alkanes of at least 4 members (excludes halogenated alkanes) is 5. The topological polar surface area (TPSA) is 126 Å². The Labute approximate surface area is 270 Å². The Kier molecular flexibility index (Phi) is 18.4. The lowest BCUT2D eigenvalue weighted by Crippen LogP contribution is -2.39. The van der Waals surface area contributed by atoms with Crippen molar-refractivity contribution < 1.29 is 37.9 Å². The molecule has 0 aromatic rings. The molecule has 2 saturated heterocycles. The van der Waals surface area contributed by atoms with E-state index in [0.717, 1.165) is 37.4 Å². The molecule has 0 bridgehead atoms. The molecule has 12 heteroatoms. The van der Waals surface area contributed by atoms with Crippen LogP contribution in [-0.4, -0.2) is 99.3 Å². The van der Waals surface area contributed by atoms with Gasteiger partial charge in [0.05, 0.1) is 43.6 Å². The van der Waals surface area contributed by atoms with Crippen LogP contribution < -0.4 is 0 Å². The number of hydrogen-bond donors (Lipinski definition) is 2. The van der Waals surface area contributed by atoms with Gasteiger partial charge in [0.15, 0.2) is 0 Å². The van der Waals surface area contributed by atoms with E-state index in [1.807, 2.05) is 25.6 Å². The molecule has 258 valence electrons. The molecule has 2 aliphatic heterocycles. The van der Waals surface area contributed by atoms with E-state index in [0.29, 0.717) is 31.1 Å². The number of β-amino-alcohol motifs (C(OH)–C–C–N with tert-alkyl or cyclic N) is 1. The second kappa shape index (κ2) is 20.5. The monoisotopic (exact) mass is 664 g/mol. The Bertz CT molecular complexity index is 892. The first-order chi connectivity index (χ1) is 20.8. The highest BCUT2D eigenvalue weighted by Crippen LogP contribution is 2.47. The van der Waals surface area contributed by atoms with Crippen LogP contribution in [0.25, 0.3) is 0 Å². The molecule has 0 radical (unpaired) electrons. The van der Waals surface area contributed by atoms with Gasteiger partial charge in [0.2, 0.25) is 11.8 Å². The maximum absolute atomic E-state index is 13.0. The number of hydrogen-bond acceptors (Lipinski definition) is 8. The lowest BCUT2D eigenvalue weighted by molar-refractivity contribution is -0.134. The zero-order valence-electron chi connectivity index (χ0n) is 28.2. The number of carbonyl (C=O) groups excluding carboxylic acids is 2. The summed E-state index contributed by atoms with van der Waals surface area (Å²) in [5.41, 5.74) is 0. The molecule has 2 fully saturated rings. The van der Waals surface area contributed by atoms with Crippen molar-refractivity contribution in [1.29, 1.82) is 0 Å². The maximum atomic E-state index is 13.0. The van der Waals surface area contributed by atoms with Crippen LogP contribution >= 0.6 is 19.6 Å². The molecule has 0 saturated carbocycles. The molecular weight excluding hydrogens is 603 g/mol. The number of nitrogens with zero attached hydrogens (tertiary/aromatic N) is 2. The first-order valence-electron chi connectivity index (χ1n) is 16.9. The third kappa shape index (κ3) is 15.7. The molecule has 2 heterocycles. The molecule has 2 rings (SSSR count). The van der Waals surface area contributed by atoms with Crippen molar-refractivity contribution in [3.63, 3.8) is 0 Å². The smallest absolute Gasteiger partial charge is 0.391 e. The summed E-state index contributed by atoms with van der Waals surface area (Å²) in [7, 11) is -4.48. The van der Waals surface area contributed by atoms with E-state index in [9.17, 15) is 24.2 Å². The lowest BCUT2D eigenvalue weighted by atomic mass is 10.0. The van der Waals surface area contributed by atoms with Gasteiger partial charge in [0, 0.05) is 25.9 Å². The molecule has 5 atom stereocenters. The number of phosphoric ester groups is 1. The van der Waals surface area contributed by atoms with Gasteiger partial charge >= 0.3 is 7.82 Å². The molecule has 0 spiro atoms. The van der Waals surface area contributed by atoms with Gasteiger partial charge in [0.1, 0.15) is 0 Å². The van der Waals surface area contributed by atoms with E-state index in [1.54, 1.807) is 9.80 Å². The number of aliphatic hydroxyl groups is 1. The minimum absolute atomic E-state index is 0.00591. The molecule has 1 unspecified atom stereocenters. The average molecular weight is 665 g/mol. The SMILES string of the molecule is CC(C)CCCCCCCCC(=O)N1C[C@H](O)C[C@H]1COP(=O)(O)O[C@@H]1C[C@@H](COC(C)C)N(C(=O)CCCSC(C)C)C1. The number of carbonyl (C=O) groups is 2. The molecular formula is C32H61N2O8PS. The minimum Gasteiger partial charge on any atom is -0.391 e. The Morgan fingerprint density at radius 1 is 0.841 bits per heavy atom. The summed E-state index contributed by atoms with van der Waals surface area (Å²) >= 11 is 1.82. The van der Waals surface area contributed by atoms with Crippen molar-refractivity contribution in [2.24, 2.45) is 5.92 Å². The third-order valence-electron chi connectivity index (χ3n) is 8.15. The predicted octanol–water partition coefficient (Wildman–Crippen LogP) is 6.17. The van der Waals surface area contributed by atoms with Crippen LogP contribution in [0, 0.1) is 5.92 Å². The summed E-state index contributed by atoms with van der Waals surface area (Å²) < 4.78 is 29.7. The van der Waals surface area contributed by atoms with Gasteiger partial charge in [0.25, 0.3) is 0 Å². The highest BCUT2D eigenvalue weighted by atomic mass is 32.2. The number of phosphoric acid groups is 1. The van der Waals surface area contributed by atoms with Gasteiger partial charge in [-0.05, 0) is 56.5 Å². The van der Waals surface area contributed by atoms with Crippen molar-refractivity contribution in [3.05, 3.63) is 0 Å². The normalized spacial score (nSPS) is 23.8. The summed E-state index contributed by atoms with van der Waals surface area (Å²) in [5.74, 6) is 1.57. The zero-order chi connectivity index (χ0) is 32.7. The van der Waals surface area contributed by atoms with Crippen molar-refractivity contribution in [3.8, 4) is 0 Å². The summed E-state index contributed by atoms with van der Waals surface area (Å²) in [6.45, 7) is 13.1. The van der Waals surface area contributed by atoms with E-state index in [1.165, 1.54) is 25.7 Å². The summed E-state index contributed by atoms with van der Waals surface area (Å²) in [5, 5.41) is 10.8. The van der Waals surface area contributed by atoms with Crippen LogP contribution in [0.1, 0.15) is 119 Å². The highest BCUT2D eigenvalue weighted by molar-refractivity contribution is 7.99. The molecule has 0 aromatic heterocycles. The van der Waals surface area contributed by atoms with E-state index >= 15 is 0 Å². The third-order valence-corrected chi connectivity index (χ3v) is 10.4. The van der Waals surface area contributed by atoms with Crippen LogP contribution in [0.15, 0.2) is 0 Å². The number of aliphatic hydroxyl groups excluding tert-OH is 1. The highest BCUT2D eigenvalue weighted by Gasteiger charge is 2.41. The first kappa shape index (κ1) is 39.5. The average Bonchev–Trinajstić information content (AvgIpc) is 3.52. The standard InChI is InChI=1S/C32H61N2O8PS/c1-24(2)14-11-9-7-8-10-12-15-31(36)33-20-29(35)18-27(33)23-41-43(38,39)42-30-19-28(22-40-25(3)4)34(21-30)32(37)16-13-17-44-26(5)6/h24-30,35H,7-23H2,1-6H3,(H,38,39)/t27-,28-,29+,30+/m0/s1. The Morgan fingerprint density at radius 2 is 1.43 bits per heavy atom. The van der Waals surface area contributed by atoms with Gasteiger partial charge in [-0.25, -0.2) is 4.57 Å². The van der Waals surface area contributed by atoms with Crippen LogP contribution in [0.2, 0.25) is 0 Å². The number of likely N-dealkylation sites (tertiary alicyclic amines) is 2. The number of thioether (sulfide) groups is 1. The van der Waals surface area contributed by atoms with Crippen molar-refractivity contribution in [1.82, 2.24) is 9.80 Å². The second-order valence-corrected chi connectivity index (χ2v) is 16.6. The van der Waals surface area contributed by atoms with Crippen molar-refractivity contribution in [2.45, 2.75) is 154 Å². The van der Waals surface area contributed by atoms with E-state index < -0.39 is 26.1 Å². The summed E-state index contributed by atoms with van der Waals surface area (Å²) in [6.07, 6.45) is 8.68. The fourth-order valence-electron chi connectivity index (χ4n) is 5.84. The van der Waals surface area contributed by atoms with Crippen molar-refractivity contribution in [2.75, 3.05) is 32.1 Å². The van der Waals surface area contributed by atoms with Gasteiger partial charge in [-0.15, -0.1) is 0 Å². The molecule has 10 nitrogen and oxygen atoms in total. The lowest BCUT2D eigenvalue weighted by Gasteiger charge is -2.26. The van der Waals surface area contributed by atoms with E-state index in [-0.39, 0.29) is 50.1 Å².